The van der Waals surface area contributed by atoms with Crippen molar-refractivity contribution in [2.45, 2.75) is 77.9 Å². The van der Waals surface area contributed by atoms with Gasteiger partial charge in [0.2, 0.25) is 0 Å². The molecule has 0 unspecified atom stereocenters. The Labute approximate surface area is 124 Å². The second-order valence-corrected chi connectivity index (χ2v) is 6.67. The minimum atomic E-state index is -0.418. The molecule has 1 aliphatic carbocycles. The van der Waals surface area contributed by atoms with Gasteiger partial charge in [-0.05, 0) is 40.2 Å². The van der Waals surface area contributed by atoms with Crippen LogP contribution in [-0.4, -0.2) is 42.3 Å². The van der Waals surface area contributed by atoms with Crippen LogP contribution in [0.1, 0.15) is 66.2 Å². The van der Waals surface area contributed by atoms with Gasteiger partial charge in [0.15, 0.2) is 0 Å². The Balaban J connectivity index is 2.64. The van der Waals surface area contributed by atoms with E-state index in [0.29, 0.717) is 6.04 Å². The summed E-state index contributed by atoms with van der Waals surface area (Å²) < 4.78 is 5.58. The van der Waals surface area contributed by atoms with Gasteiger partial charge >= 0.3 is 6.09 Å². The smallest absolute Gasteiger partial charge is 0.410 e. The van der Waals surface area contributed by atoms with Crippen LogP contribution < -0.4 is 5.32 Å². The molecule has 20 heavy (non-hydrogen) atoms. The second-order valence-electron chi connectivity index (χ2n) is 6.67. The van der Waals surface area contributed by atoms with Crippen molar-refractivity contribution in [2.24, 2.45) is 0 Å². The molecule has 0 atom stereocenters. The lowest BCUT2D eigenvalue weighted by molar-refractivity contribution is 0.0147. The fraction of sp³-hybridized carbons (Fsp3) is 0.938. The molecule has 0 bridgehead atoms. The summed E-state index contributed by atoms with van der Waals surface area (Å²) in [6.45, 7) is 10.4. The Morgan fingerprint density at radius 2 is 1.80 bits per heavy atom. The van der Waals surface area contributed by atoms with E-state index in [1.54, 1.807) is 0 Å². The Bertz CT molecular complexity index is 279. The number of carbonyl (C=O) groups is 1. The SMILES string of the molecule is CCNCCN(C(=O)OC(C)(C)C)C1CCCCCC1. The molecule has 1 N–H and O–H groups in total. The number of ether oxygens (including phenoxy) is 1. The van der Waals surface area contributed by atoms with Crippen molar-refractivity contribution in [1.29, 1.82) is 0 Å². The molecule has 118 valence electrons. The van der Waals surface area contributed by atoms with Gasteiger partial charge in [0.1, 0.15) is 5.60 Å². The first-order valence-corrected chi connectivity index (χ1v) is 8.14. The van der Waals surface area contributed by atoms with Gasteiger partial charge in [0.05, 0.1) is 0 Å². The normalized spacial score (nSPS) is 17.6. The zero-order valence-electron chi connectivity index (χ0n) is 13.7. The summed E-state index contributed by atoms with van der Waals surface area (Å²) in [5, 5.41) is 3.30. The number of rotatable bonds is 5. The molecule has 4 heteroatoms. The second kappa shape index (κ2) is 8.50. The van der Waals surface area contributed by atoms with E-state index in [2.05, 4.69) is 12.2 Å². The van der Waals surface area contributed by atoms with Crippen molar-refractivity contribution in [1.82, 2.24) is 10.2 Å². The molecule has 1 aliphatic rings. The minimum absolute atomic E-state index is 0.151. The number of likely N-dealkylation sites (N-methyl/N-ethyl adjacent to an activating group) is 1. The first kappa shape index (κ1) is 17.3. The Hall–Kier alpha value is -0.770. The first-order chi connectivity index (χ1) is 9.44. The lowest BCUT2D eigenvalue weighted by Gasteiger charge is -2.33. The van der Waals surface area contributed by atoms with Crippen molar-refractivity contribution in [2.75, 3.05) is 19.6 Å². The van der Waals surface area contributed by atoms with Crippen LogP contribution >= 0.6 is 0 Å². The van der Waals surface area contributed by atoms with Crippen LogP contribution in [0.5, 0.6) is 0 Å². The molecular weight excluding hydrogens is 252 g/mol. The van der Waals surface area contributed by atoms with Gasteiger partial charge in [-0.3, -0.25) is 0 Å². The van der Waals surface area contributed by atoms with E-state index < -0.39 is 5.60 Å². The summed E-state index contributed by atoms with van der Waals surface area (Å²) in [6, 6.07) is 0.353. The third kappa shape index (κ3) is 6.60. The zero-order valence-corrected chi connectivity index (χ0v) is 13.7. The highest BCUT2D eigenvalue weighted by Gasteiger charge is 2.28. The van der Waals surface area contributed by atoms with E-state index in [0.717, 1.165) is 32.5 Å². The highest BCUT2D eigenvalue weighted by molar-refractivity contribution is 5.68. The van der Waals surface area contributed by atoms with E-state index in [9.17, 15) is 4.79 Å². The third-order valence-corrected chi connectivity index (χ3v) is 3.67. The Morgan fingerprint density at radius 1 is 1.20 bits per heavy atom. The molecule has 0 heterocycles. The number of amides is 1. The van der Waals surface area contributed by atoms with E-state index in [1.165, 1.54) is 25.7 Å². The van der Waals surface area contributed by atoms with Crippen molar-refractivity contribution in [3.05, 3.63) is 0 Å². The van der Waals surface area contributed by atoms with Crippen molar-refractivity contribution >= 4 is 6.09 Å². The summed E-state index contributed by atoms with van der Waals surface area (Å²) in [7, 11) is 0. The van der Waals surface area contributed by atoms with E-state index in [1.807, 2.05) is 25.7 Å². The lowest BCUT2D eigenvalue weighted by atomic mass is 10.1. The number of nitrogens with one attached hydrogen (secondary N) is 1. The molecule has 1 fully saturated rings. The summed E-state index contributed by atoms with van der Waals surface area (Å²) in [5.41, 5.74) is -0.418. The van der Waals surface area contributed by atoms with Crippen molar-refractivity contribution in [3.8, 4) is 0 Å². The molecule has 0 aromatic heterocycles. The third-order valence-electron chi connectivity index (χ3n) is 3.67. The summed E-state index contributed by atoms with van der Waals surface area (Å²) in [5.74, 6) is 0. The van der Waals surface area contributed by atoms with Crippen LogP contribution in [0.15, 0.2) is 0 Å². The standard InChI is InChI=1S/C16H32N2O2/c1-5-17-12-13-18(15(19)20-16(2,3)4)14-10-8-6-7-9-11-14/h14,17H,5-13H2,1-4H3. The molecule has 1 rings (SSSR count). The van der Waals surface area contributed by atoms with Crippen LogP contribution in [0.3, 0.4) is 0 Å². The van der Waals surface area contributed by atoms with Gasteiger partial charge in [-0.1, -0.05) is 32.6 Å². The molecule has 0 aliphatic heterocycles. The summed E-state index contributed by atoms with van der Waals surface area (Å²) in [4.78, 5) is 14.4. The summed E-state index contributed by atoms with van der Waals surface area (Å²) >= 11 is 0. The van der Waals surface area contributed by atoms with Crippen LogP contribution in [0, 0.1) is 0 Å². The van der Waals surface area contributed by atoms with Crippen molar-refractivity contribution in [3.63, 3.8) is 0 Å². The molecule has 4 nitrogen and oxygen atoms in total. The predicted octanol–water partition coefficient (Wildman–Crippen LogP) is 3.56. The van der Waals surface area contributed by atoms with Gasteiger partial charge in [-0.2, -0.15) is 0 Å². The molecule has 0 radical (unpaired) electrons. The zero-order chi connectivity index (χ0) is 15.0. The van der Waals surface area contributed by atoms with Crippen LogP contribution in [0.2, 0.25) is 0 Å². The first-order valence-electron chi connectivity index (χ1n) is 8.14. The fourth-order valence-corrected chi connectivity index (χ4v) is 2.69. The molecule has 0 saturated heterocycles. The average molecular weight is 284 g/mol. The van der Waals surface area contributed by atoms with Crippen LogP contribution in [-0.2, 0) is 4.74 Å². The molecule has 1 saturated carbocycles. The van der Waals surface area contributed by atoms with Gasteiger partial charge in [0.25, 0.3) is 0 Å². The highest BCUT2D eigenvalue weighted by Crippen LogP contribution is 2.23. The number of hydrogen-bond acceptors (Lipinski definition) is 3. The van der Waals surface area contributed by atoms with Crippen molar-refractivity contribution < 1.29 is 9.53 Å². The van der Waals surface area contributed by atoms with Gasteiger partial charge in [0, 0.05) is 19.1 Å². The topological polar surface area (TPSA) is 41.6 Å². The van der Waals surface area contributed by atoms with E-state index in [-0.39, 0.29) is 6.09 Å². The molecule has 0 aromatic rings. The van der Waals surface area contributed by atoms with Crippen LogP contribution in [0.4, 0.5) is 4.79 Å². The highest BCUT2D eigenvalue weighted by atomic mass is 16.6. The molecular formula is C16H32N2O2. The largest absolute Gasteiger partial charge is 0.444 e. The van der Waals surface area contributed by atoms with Gasteiger partial charge in [-0.25, -0.2) is 4.79 Å². The monoisotopic (exact) mass is 284 g/mol. The maximum atomic E-state index is 12.4. The average Bonchev–Trinajstić information content (AvgIpc) is 2.61. The lowest BCUT2D eigenvalue weighted by Crippen LogP contribution is -2.46. The van der Waals surface area contributed by atoms with Crippen LogP contribution in [0.25, 0.3) is 0 Å². The summed E-state index contributed by atoms with van der Waals surface area (Å²) in [6.07, 6.45) is 7.13. The predicted molar refractivity (Wildman–Crippen MR) is 83.0 cm³/mol. The molecule has 0 aromatic carbocycles. The number of carbonyl (C=O) groups excluding carboxylic acids is 1. The quantitative estimate of drug-likeness (QED) is 0.620. The maximum Gasteiger partial charge on any atom is 0.410 e. The van der Waals surface area contributed by atoms with Gasteiger partial charge < -0.3 is 15.0 Å². The fourth-order valence-electron chi connectivity index (χ4n) is 2.69. The van der Waals surface area contributed by atoms with E-state index in [4.69, 9.17) is 4.74 Å². The maximum absolute atomic E-state index is 12.4. The molecule has 0 spiro atoms. The Kier molecular flexibility index (Phi) is 7.35. The number of nitrogens with zero attached hydrogens (tertiary/aromatic N) is 1. The molecule has 1 amide bonds. The number of hydrogen-bond donors (Lipinski definition) is 1. The van der Waals surface area contributed by atoms with Gasteiger partial charge in [-0.15, -0.1) is 0 Å². The Morgan fingerprint density at radius 3 is 2.30 bits per heavy atom. The van der Waals surface area contributed by atoms with E-state index >= 15 is 0 Å². The minimum Gasteiger partial charge on any atom is -0.444 e.